The molecule has 3 rings (SSSR count). The van der Waals surface area contributed by atoms with Crippen molar-refractivity contribution in [1.82, 2.24) is 14.8 Å². The number of halogens is 4. The van der Waals surface area contributed by atoms with Crippen molar-refractivity contribution in [1.29, 1.82) is 0 Å². The lowest BCUT2D eigenvalue weighted by atomic mass is 10.1. The van der Waals surface area contributed by atoms with Gasteiger partial charge in [0, 0.05) is 22.2 Å². The molecule has 25 heavy (non-hydrogen) atoms. The number of nitrogens with zero attached hydrogens (tertiary/aromatic N) is 3. The van der Waals surface area contributed by atoms with Gasteiger partial charge in [0.25, 0.3) is 0 Å². The number of aromatic carboxylic acids is 1. The van der Waals surface area contributed by atoms with Crippen LogP contribution in [0.15, 0.2) is 36.0 Å². The quantitative estimate of drug-likeness (QED) is 0.719. The van der Waals surface area contributed by atoms with Crippen LogP contribution in [0.5, 0.6) is 0 Å². The lowest BCUT2D eigenvalue weighted by Crippen LogP contribution is -2.05. The summed E-state index contributed by atoms with van der Waals surface area (Å²) in [5, 5.41) is 14.9. The second kappa shape index (κ2) is 6.49. The summed E-state index contributed by atoms with van der Waals surface area (Å²) in [6, 6.07) is 3.25. The van der Waals surface area contributed by atoms with E-state index in [-0.39, 0.29) is 22.7 Å². The molecule has 10 heteroatoms. The second-order valence-electron chi connectivity index (χ2n) is 5.08. The minimum Gasteiger partial charge on any atom is -0.478 e. The summed E-state index contributed by atoms with van der Waals surface area (Å²) in [7, 11) is 0. The average Bonchev–Trinajstić information content (AvgIpc) is 3.15. The number of carboxylic acids is 1. The molecule has 0 radical (unpaired) electrons. The Morgan fingerprint density at radius 3 is 2.72 bits per heavy atom. The zero-order valence-corrected chi connectivity index (χ0v) is 13.9. The van der Waals surface area contributed by atoms with Crippen molar-refractivity contribution in [2.75, 3.05) is 0 Å². The number of rotatable bonds is 4. The minimum atomic E-state index is -4.50. The highest BCUT2D eigenvalue weighted by atomic mass is 35.5. The molecule has 0 saturated carbocycles. The Kier molecular flexibility index (Phi) is 4.53. The summed E-state index contributed by atoms with van der Waals surface area (Å²) in [6.07, 6.45) is -1.94. The Hall–Kier alpha value is -2.39. The van der Waals surface area contributed by atoms with E-state index in [1.54, 1.807) is 5.38 Å². The zero-order chi connectivity index (χ0) is 18.2. The topological polar surface area (TPSA) is 68.0 Å². The van der Waals surface area contributed by atoms with Gasteiger partial charge in [0.15, 0.2) is 0 Å². The number of alkyl halides is 3. The molecule has 0 amide bonds. The van der Waals surface area contributed by atoms with Crippen LogP contribution in [-0.2, 0) is 12.7 Å². The lowest BCUT2D eigenvalue weighted by Gasteiger charge is -2.08. The molecule has 0 unspecified atom stereocenters. The van der Waals surface area contributed by atoms with Gasteiger partial charge < -0.3 is 5.11 Å². The van der Waals surface area contributed by atoms with Crippen molar-refractivity contribution in [3.63, 3.8) is 0 Å². The molecule has 5 nitrogen and oxygen atoms in total. The molecule has 130 valence electrons. The van der Waals surface area contributed by atoms with Crippen LogP contribution < -0.4 is 0 Å². The molecule has 1 aromatic carbocycles. The average molecular weight is 388 g/mol. The number of carboxylic acid groups (broad SMARTS) is 1. The van der Waals surface area contributed by atoms with Crippen LogP contribution in [0.1, 0.15) is 20.9 Å². The maximum Gasteiger partial charge on any atom is 0.416 e. The molecule has 3 aromatic rings. The van der Waals surface area contributed by atoms with E-state index in [0.29, 0.717) is 10.7 Å². The smallest absolute Gasteiger partial charge is 0.416 e. The maximum atomic E-state index is 12.9. The largest absolute Gasteiger partial charge is 0.478 e. The van der Waals surface area contributed by atoms with E-state index in [0.717, 1.165) is 12.1 Å². The van der Waals surface area contributed by atoms with Crippen LogP contribution in [0.2, 0.25) is 5.02 Å². The van der Waals surface area contributed by atoms with Crippen LogP contribution in [0.4, 0.5) is 13.2 Å². The van der Waals surface area contributed by atoms with Crippen LogP contribution in [-0.4, -0.2) is 25.8 Å². The van der Waals surface area contributed by atoms with Gasteiger partial charge in [0.05, 0.1) is 29.6 Å². The lowest BCUT2D eigenvalue weighted by molar-refractivity contribution is -0.137. The van der Waals surface area contributed by atoms with Crippen LogP contribution in [0, 0.1) is 0 Å². The van der Waals surface area contributed by atoms with Gasteiger partial charge in [0.2, 0.25) is 0 Å². The zero-order valence-electron chi connectivity index (χ0n) is 12.3. The predicted octanol–water partition coefficient (Wildman–Crippen LogP) is 4.43. The van der Waals surface area contributed by atoms with Gasteiger partial charge in [-0.3, -0.25) is 4.68 Å². The summed E-state index contributed by atoms with van der Waals surface area (Å²) in [5.74, 6) is -1.09. The molecule has 0 aliphatic rings. The van der Waals surface area contributed by atoms with Gasteiger partial charge in [-0.2, -0.15) is 18.3 Å². The standard InChI is InChI=1S/C15H9ClF3N3O2S/c16-11-2-8(1-10(3-11)15(17,18)19)12-7-25-13(21-12)6-22-5-9(4-20-22)14(23)24/h1-5,7H,6H2,(H,23,24). The van der Waals surface area contributed by atoms with E-state index in [4.69, 9.17) is 16.7 Å². The van der Waals surface area contributed by atoms with E-state index in [1.165, 1.54) is 34.5 Å². The predicted molar refractivity (Wildman–Crippen MR) is 85.9 cm³/mol. The normalized spacial score (nSPS) is 11.7. The Morgan fingerprint density at radius 1 is 1.32 bits per heavy atom. The van der Waals surface area contributed by atoms with Crippen molar-refractivity contribution < 1.29 is 23.1 Å². The molecule has 0 atom stereocenters. The van der Waals surface area contributed by atoms with E-state index < -0.39 is 17.7 Å². The fourth-order valence-corrected chi connectivity index (χ4v) is 3.15. The Labute approximate surface area is 148 Å². The number of hydrogen-bond acceptors (Lipinski definition) is 4. The third-order valence-electron chi connectivity index (χ3n) is 3.25. The molecular weight excluding hydrogens is 379 g/mol. The monoisotopic (exact) mass is 387 g/mol. The van der Waals surface area contributed by atoms with Gasteiger partial charge in [-0.15, -0.1) is 11.3 Å². The van der Waals surface area contributed by atoms with Crippen molar-refractivity contribution >= 4 is 28.9 Å². The van der Waals surface area contributed by atoms with E-state index in [1.807, 2.05) is 0 Å². The Morgan fingerprint density at radius 2 is 2.08 bits per heavy atom. The van der Waals surface area contributed by atoms with Crippen molar-refractivity contribution in [2.24, 2.45) is 0 Å². The molecule has 0 aliphatic carbocycles. The number of hydrogen-bond donors (Lipinski definition) is 1. The molecule has 0 aliphatic heterocycles. The van der Waals surface area contributed by atoms with Gasteiger partial charge in [-0.1, -0.05) is 11.6 Å². The van der Waals surface area contributed by atoms with Crippen molar-refractivity contribution in [3.05, 3.63) is 57.1 Å². The Balaban J connectivity index is 1.86. The summed E-state index contributed by atoms with van der Waals surface area (Å²) in [5.41, 5.74) is -0.184. The SMILES string of the molecule is O=C(O)c1cnn(Cc2nc(-c3cc(Cl)cc(C(F)(F)F)c3)cs2)c1. The third-order valence-corrected chi connectivity index (χ3v) is 4.30. The van der Waals surface area contributed by atoms with Gasteiger partial charge in [0.1, 0.15) is 5.01 Å². The van der Waals surface area contributed by atoms with E-state index >= 15 is 0 Å². The van der Waals surface area contributed by atoms with Gasteiger partial charge >= 0.3 is 12.1 Å². The number of benzene rings is 1. The number of carbonyl (C=O) groups is 1. The number of aromatic nitrogens is 3. The molecule has 1 N–H and O–H groups in total. The molecule has 0 spiro atoms. The summed E-state index contributed by atoms with van der Waals surface area (Å²) >= 11 is 7.01. The van der Waals surface area contributed by atoms with Crippen LogP contribution >= 0.6 is 22.9 Å². The first-order valence-electron chi connectivity index (χ1n) is 6.80. The summed E-state index contributed by atoms with van der Waals surface area (Å²) in [4.78, 5) is 15.1. The first-order chi connectivity index (χ1) is 11.7. The first kappa shape index (κ1) is 17.4. The molecule has 0 bridgehead atoms. The fraction of sp³-hybridized carbons (Fsp3) is 0.133. The third kappa shape index (κ3) is 3.99. The molecule has 0 saturated heterocycles. The fourth-order valence-electron chi connectivity index (χ4n) is 2.12. The highest BCUT2D eigenvalue weighted by Crippen LogP contribution is 2.35. The second-order valence-corrected chi connectivity index (χ2v) is 6.46. The molecule has 2 aromatic heterocycles. The van der Waals surface area contributed by atoms with Crippen molar-refractivity contribution in [2.45, 2.75) is 12.7 Å². The van der Waals surface area contributed by atoms with E-state index in [9.17, 15) is 18.0 Å². The minimum absolute atomic E-state index is 0.0300. The van der Waals surface area contributed by atoms with Crippen molar-refractivity contribution in [3.8, 4) is 11.3 Å². The van der Waals surface area contributed by atoms with E-state index in [2.05, 4.69) is 10.1 Å². The Bertz CT molecular complexity index is 936. The maximum absolute atomic E-state index is 12.9. The molecular formula is C15H9ClF3N3O2S. The number of thiazole rings is 1. The first-order valence-corrected chi connectivity index (χ1v) is 8.06. The highest BCUT2D eigenvalue weighted by Gasteiger charge is 2.31. The van der Waals surface area contributed by atoms with Gasteiger partial charge in [-0.25, -0.2) is 9.78 Å². The van der Waals surface area contributed by atoms with Crippen LogP contribution in [0.3, 0.4) is 0 Å². The summed E-state index contributed by atoms with van der Waals surface area (Å²) < 4.78 is 40.1. The summed E-state index contributed by atoms with van der Waals surface area (Å²) in [6.45, 7) is 0.213. The van der Waals surface area contributed by atoms with Gasteiger partial charge in [-0.05, 0) is 18.2 Å². The molecule has 0 fully saturated rings. The van der Waals surface area contributed by atoms with Crippen LogP contribution in [0.25, 0.3) is 11.3 Å². The molecule has 2 heterocycles. The highest BCUT2D eigenvalue weighted by molar-refractivity contribution is 7.09.